The summed E-state index contributed by atoms with van der Waals surface area (Å²) in [5.41, 5.74) is 0.0503. The molecule has 1 unspecified atom stereocenters. The van der Waals surface area contributed by atoms with Gasteiger partial charge >= 0.3 is 0 Å². The van der Waals surface area contributed by atoms with Crippen molar-refractivity contribution in [2.75, 3.05) is 14.1 Å². The van der Waals surface area contributed by atoms with Gasteiger partial charge in [-0.15, -0.1) is 0 Å². The molecule has 0 heterocycles. The molecule has 2 nitrogen and oxygen atoms in total. The summed E-state index contributed by atoms with van der Waals surface area (Å²) in [5, 5.41) is 10.8. The molecule has 0 spiro atoms. The van der Waals surface area contributed by atoms with Crippen molar-refractivity contribution >= 4 is 0 Å². The summed E-state index contributed by atoms with van der Waals surface area (Å²) in [6, 6.07) is 0. The fourth-order valence-electron chi connectivity index (χ4n) is 3.90. The molecule has 1 fully saturated rings. The first-order chi connectivity index (χ1) is 10.0. The SMILES string of the molecule is CCCCCCCCCC(O)C1(N(C)C)CCC(C)CC1. The quantitative estimate of drug-likeness (QED) is 0.574. The topological polar surface area (TPSA) is 23.5 Å². The fraction of sp³-hybridized carbons (Fsp3) is 1.00. The molecular formula is C19H39NO. The Morgan fingerprint density at radius 1 is 1.00 bits per heavy atom. The minimum absolute atomic E-state index is 0.0503. The van der Waals surface area contributed by atoms with Gasteiger partial charge in [-0.1, -0.05) is 58.8 Å². The summed E-state index contributed by atoms with van der Waals surface area (Å²) in [6.07, 6.45) is 15.0. The molecule has 126 valence electrons. The van der Waals surface area contributed by atoms with Crippen molar-refractivity contribution in [1.29, 1.82) is 0 Å². The van der Waals surface area contributed by atoms with Crippen LogP contribution in [-0.4, -0.2) is 35.7 Å². The molecule has 1 atom stereocenters. The highest BCUT2D eigenvalue weighted by atomic mass is 16.3. The molecule has 0 aromatic carbocycles. The highest BCUT2D eigenvalue weighted by Crippen LogP contribution is 2.39. The van der Waals surface area contributed by atoms with E-state index in [4.69, 9.17) is 0 Å². The second kappa shape index (κ2) is 9.84. The zero-order valence-electron chi connectivity index (χ0n) is 15.0. The van der Waals surface area contributed by atoms with E-state index in [1.807, 2.05) is 0 Å². The summed E-state index contributed by atoms with van der Waals surface area (Å²) in [5.74, 6) is 0.837. The Bertz CT molecular complexity index is 256. The van der Waals surface area contributed by atoms with Gasteiger partial charge in [0.2, 0.25) is 0 Å². The van der Waals surface area contributed by atoms with Crippen LogP contribution in [0.3, 0.4) is 0 Å². The van der Waals surface area contributed by atoms with Gasteiger partial charge in [0.05, 0.1) is 6.10 Å². The van der Waals surface area contributed by atoms with E-state index in [-0.39, 0.29) is 11.6 Å². The number of hydrogen-bond acceptors (Lipinski definition) is 2. The van der Waals surface area contributed by atoms with Gasteiger partial charge in [-0.25, -0.2) is 0 Å². The summed E-state index contributed by atoms with van der Waals surface area (Å²) in [7, 11) is 4.31. The maximum atomic E-state index is 10.8. The molecule has 1 aliphatic rings. The second-order valence-electron chi connectivity index (χ2n) is 7.61. The van der Waals surface area contributed by atoms with Crippen LogP contribution < -0.4 is 0 Å². The average Bonchev–Trinajstić information content (AvgIpc) is 2.46. The van der Waals surface area contributed by atoms with E-state index in [2.05, 4.69) is 32.8 Å². The fourth-order valence-corrected chi connectivity index (χ4v) is 3.90. The molecule has 1 saturated carbocycles. The summed E-state index contributed by atoms with van der Waals surface area (Å²) in [6.45, 7) is 4.62. The van der Waals surface area contributed by atoms with Crippen molar-refractivity contribution in [1.82, 2.24) is 4.90 Å². The van der Waals surface area contributed by atoms with Crippen molar-refractivity contribution in [3.8, 4) is 0 Å². The lowest BCUT2D eigenvalue weighted by Crippen LogP contribution is -2.55. The normalized spacial score (nSPS) is 28.0. The first kappa shape index (κ1) is 19.0. The van der Waals surface area contributed by atoms with E-state index in [0.717, 1.165) is 12.3 Å². The van der Waals surface area contributed by atoms with E-state index >= 15 is 0 Å². The molecule has 1 aliphatic carbocycles. The maximum Gasteiger partial charge on any atom is 0.0723 e. The Balaban J connectivity index is 2.29. The van der Waals surface area contributed by atoms with Gasteiger partial charge in [-0.05, 0) is 52.1 Å². The highest BCUT2D eigenvalue weighted by Gasteiger charge is 2.41. The van der Waals surface area contributed by atoms with Crippen LogP contribution in [0.4, 0.5) is 0 Å². The third-order valence-electron chi connectivity index (χ3n) is 5.73. The van der Waals surface area contributed by atoms with Gasteiger partial charge in [0.1, 0.15) is 0 Å². The van der Waals surface area contributed by atoms with E-state index in [0.29, 0.717) is 0 Å². The number of likely N-dealkylation sites (N-methyl/N-ethyl adjacent to an activating group) is 1. The molecule has 0 aromatic heterocycles. The molecule has 0 bridgehead atoms. The van der Waals surface area contributed by atoms with Crippen LogP contribution >= 0.6 is 0 Å². The number of hydrogen-bond donors (Lipinski definition) is 1. The monoisotopic (exact) mass is 297 g/mol. The van der Waals surface area contributed by atoms with Crippen LogP contribution in [0.5, 0.6) is 0 Å². The van der Waals surface area contributed by atoms with Crippen LogP contribution in [0.15, 0.2) is 0 Å². The number of aliphatic hydroxyl groups is 1. The molecule has 0 aromatic rings. The minimum Gasteiger partial charge on any atom is -0.391 e. The van der Waals surface area contributed by atoms with Gasteiger partial charge in [-0.2, -0.15) is 0 Å². The van der Waals surface area contributed by atoms with Gasteiger partial charge in [0.25, 0.3) is 0 Å². The van der Waals surface area contributed by atoms with Gasteiger partial charge in [0.15, 0.2) is 0 Å². The molecule has 1 rings (SSSR count). The third kappa shape index (κ3) is 5.90. The van der Waals surface area contributed by atoms with E-state index in [1.165, 1.54) is 70.6 Å². The van der Waals surface area contributed by atoms with Crippen LogP contribution in [0, 0.1) is 5.92 Å². The lowest BCUT2D eigenvalue weighted by molar-refractivity contribution is -0.0435. The van der Waals surface area contributed by atoms with Crippen LogP contribution in [0.2, 0.25) is 0 Å². The number of nitrogens with zero attached hydrogens (tertiary/aromatic N) is 1. The molecule has 21 heavy (non-hydrogen) atoms. The number of rotatable bonds is 10. The molecule has 1 N–H and O–H groups in total. The lowest BCUT2D eigenvalue weighted by atomic mass is 9.72. The van der Waals surface area contributed by atoms with Gasteiger partial charge in [-0.3, -0.25) is 0 Å². The predicted molar refractivity (Wildman–Crippen MR) is 92.7 cm³/mol. The lowest BCUT2D eigenvalue weighted by Gasteiger charge is -2.48. The maximum absolute atomic E-state index is 10.8. The largest absolute Gasteiger partial charge is 0.391 e. The predicted octanol–water partition coefficient (Wildman–Crippen LogP) is 5.00. The summed E-state index contributed by atoms with van der Waals surface area (Å²) < 4.78 is 0. The van der Waals surface area contributed by atoms with E-state index in [1.54, 1.807) is 0 Å². The Morgan fingerprint density at radius 3 is 2.05 bits per heavy atom. The van der Waals surface area contributed by atoms with Gasteiger partial charge < -0.3 is 10.0 Å². The Labute approximate surface area is 133 Å². The van der Waals surface area contributed by atoms with Crippen molar-refractivity contribution < 1.29 is 5.11 Å². The molecule has 0 radical (unpaired) electrons. The average molecular weight is 298 g/mol. The van der Waals surface area contributed by atoms with Crippen LogP contribution in [0.25, 0.3) is 0 Å². The molecule has 2 heteroatoms. The zero-order chi connectivity index (χ0) is 15.7. The number of unbranched alkanes of at least 4 members (excludes halogenated alkanes) is 6. The van der Waals surface area contributed by atoms with E-state index in [9.17, 15) is 5.11 Å². The first-order valence-corrected chi connectivity index (χ1v) is 9.38. The molecular weight excluding hydrogens is 258 g/mol. The van der Waals surface area contributed by atoms with Crippen molar-refractivity contribution in [2.24, 2.45) is 5.92 Å². The Hall–Kier alpha value is -0.0800. The van der Waals surface area contributed by atoms with Crippen molar-refractivity contribution in [3.05, 3.63) is 0 Å². The van der Waals surface area contributed by atoms with Crippen molar-refractivity contribution in [2.45, 2.75) is 103 Å². The molecule has 0 saturated heterocycles. The minimum atomic E-state index is -0.143. The third-order valence-corrected chi connectivity index (χ3v) is 5.73. The number of aliphatic hydroxyl groups excluding tert-OH is 1. The Kier molecular flexibility index (Phi) is 8.89. The highest BCUT2D eigenvalue weighted by molar-refractivity contribution is 4.97. The zero-order valence-corrected chi connectivity index (χ0v) is 15.0. The first-order valence-electron chi connectivity index (χ1n) is 9.38. The van der Waals surface area contributed by atoms with Gasteiger partial charge in [0, 0.05) is 5.54 Å². The van der Waals surface area contributed by atoms with Crippen LogP contribution in [0.1, 0.15) is 90.9 Å². The molecule has 0 amide bonds. The van der Waals surface area contributed by atoms with E-state index < -0.39 is 0 Å². The Morgan fingerprint density at radius 2 is 1.52 bits per heavy atom. The van der Waals surface area contributed by atoms with Crippen LogP contribution in [-0.2, 0) is 0 Å². The smallest absolute Gasteiger partial charge is 0.0723 e. The second-order valence-corrected chi connectivity index (χ2v) is 7.61. The summed E-state index contributed by atoms with van der Waals surface area (Å²) >= 11 is 0. The summed E-state index contributed by atoms with van der Waals surface area (Å²) in [4.78, 5) is 2.31. The standard InChI is InChI=1S/C19H39NO/c1-5-6-7-8-9-10-11-12-18(21)19(20(3)4)15-13-17(2)14-16-19/h17-18,21H,5-16H2,1-4H3. The van der Waals surface area contributed by atoms with Crippen molar-refractivity contribution in [3.63, 3.8) is 0 Å². The molecule has 0 aliphatic heterocycles.